The van der Waals surface area contributed by atoms with Gasteiger partial charge in [-0.15, -0.1) is 0 Å². The molecule has 0 bridgehead atoms. The van der Waals surface area contributed by atoms with E-state index in [1.807, 2.05) is 25.1 Å². The van der Waals surface area contributed by atoms with Crippen LogP contribution in [0, 0.1) is 20.8 Å². The Hall–Kier alpha value is -4.03. The van der Waals surface area contributed by atoms with E-state index in [0.717, 1.165) is 55.6 Å². The molecule has 0 saturated heterocycles. The molecule has 0 aliphatic heterocycles. The standard InChI is InChI=1S/C35H31GeN3O/c1-20-19-24-15-16-27-32(37-22(3)38-33(27)30(24)21(2)31(20)36(4,5)6)28-14-10-13-25-26-17-18-29(23-11-8-7-9-12-23)39-35(26)40-34(25)28/h7-19H,1-6H3. The number of benzene rings is 4. The number of furan rings is 1. The van der Waals surface area contributed by atoms with Gasteiger partial charge in [-0.2, -0.15) is 0 Å². The fraction of sp³-hybridized carbons (Fsp3) is 0.171. The molecule has 4 aromatic carbocycles. The van der Waals surface area contributed by atoms with Crippen molar-refractivity contribution in [3.63, 3.8) is 0 Å². The van der Waals surface area contributed by atoms with Gasteiger partial charge in [0.25, 0.3) is 0 Å². The van der Waals surface area contributed by atoms with Crippen LogP contribution in [0.15, 0.2) is 83.3 Å². The molecule has 0 atom stereocenters. The maximum atomic E-state index is 6.52. The Morgan fingerprint density at radius 1 is 0.700 bits per heavy atom. The van der Waals surface area contributed by atoms with Gasteiger partial charge in [-0.1, -0.05) is 30.3 Å². The first kappa shape index (κ1) is 25.0. The van der Waals surface area contributed by atoms with Crippen molar-refractivity contribution in [3.05, 3.63) is 95.8 Å². The molecular formula is C35H31GeN3O. The van der Waals surface area contributed by atoms with Crippen molar-refractivity contribution in [2.75, 3.05) is 0 Å². The molecule has 0 saturated carbocycles. The van der Waals surface area contributed by atoms with Crippen LogP contribution in [0.1, 0.15) is 17.0 Å². The van der Waals surface area contributed by atoms with Crippen molar-refractivity contribution in [2.45, 2.75) is 38.0 Å². The predicted molar refractivity (Wildman–Crippen MR) is 170 cm³/mol. The molecule has 0 spiro atoms. The summed E-state index contributed by atoms with van der Waals surface area (Å²) in [5.41, 5.74) is 9.06. The Morgan fingerprint density at radius 2 is 1.48 bits per heavy atom. The summed E-state index contributed by atoms with van der Waals surface area (Å²) in [5.74, 6) is 8.17. The van der Waals surface area contributed by atoms with Crippen LogP contribution in [0.2, 0.25) is 17.3 Å². The second-order valence-corrected chi connectivity index (χ2v) is 22.3. The Kier molecular flexibility index (Phi) is 5.62. The van der Waals surface area contributed by atoms with Gasteiger partial charge in [-0.05, 0) is 0 Å². The number of rotatable bonds is 3. The number of hydrogen-bond acceptors (Lipinski definition) is 4. The van der Waals surface area contributed by atoms with Crippen molar-refractivity contribution in [1.29, 1.82) is 0 Å². The molecule has 3 heterocycles. The molecule has 196 valence electrons. The SMILES string of the molecule is Cc1nc(-c2cccc3c2oc2nc(-c4ccccc4)ccc23)c2ccc3cc(C)[c]([Ge]([CH3])([CH3])[CH3])c(C)c3c2n1. The van der Waals surface area contributed by atoms with Crippen molar-refractivity contribution >= 4 is 61.4 Å². The van der Waals surface area contributed by atoms with Crippen LogP contribution in [0.5, 0.6) is 0 Å². The molecule has 3 aromatic heterocycles. The van der Waals surface area contributed by atoms with Gasteiger partial charge in [0.15, 0.2) is 0 Å². The van der Waals surface area contributed by atoms with Crippen molar-refractivity contribution in [1.82, 2.24) is 15.0 Å². The first-order chi connectivity index (χ1) is 19.2. The second kappa shape index (κ2) is 9.00. The Bertz CT molecular complexity index is 2120. The van der Waals surface area contributed by atoms with Crippen molar-refractivity contribution in [3.8, 4) is 22.5 Å². The third-order valence-electron chi connectivity index (χ3n) is 7.97. The topological polar surface area (TPSA) is 51.8 Å². The van der Waals surface area contributed by atoms with Crippen LogP contribution in [-0.4, -0.2) is 28.2 Å². The molecule has 0 amide bonds. The van der Waals surface area contributed by atoms with Gasteiger partial charge in [0, 0.05) is 5.56 Å². The number of aryl methyl sites for hydroxylation is 3. The number of nitrogens with zero attached hydrogens (tertiary/aromatic N) is 3. The third kappa shape index (κ3) is 3.85. The zero-order chi connectivity index (χ0) is 27.8. The summed E-state index contributed by atoms with van der Waals surface area (Å²) in [6.07, 6.45) is 0. The van der Waals surface area contributed by atoms with Gasteiger partial charge in [-0.3, -0.25) is 0 Å². The Morgan fingerprint density at radius 3 is 2.25 bits per heavy atom. The third-order valence-corrected chi connectivity index (χ3v) is 12.7. The summed E-state index contributed by atoms with van der Waals surface area (Å²) in [5, 5.41) is 5.57. The molecule has 7 rings (SSSR count). The quantitative estimate of drug-likeness (QED) is 0.154. The van der Waals surface area contributed by atoms with Gasteiger partial charge in [0.2, 0.25) is 0 Å². The van der Waals surface area contributed by atoms with E-state index in [2.05, 4.69) is 91.8 Å². The van der Waals surface area contributed by atoms with E-state index in [9.17, 15) is 0 Å². The molecule has 0 aliphatic carbocycles. The van der Waals surface area contributed by atoms with Crippen molar-refractivity contribution in [2.24, 2.45) is 0 Å². The molecular weight excluding hydrogens is 551 g/mol. The molecule has 0 aliphatic rings. The first-order valence-electron chi connectivity index (χ1n) is 13.8. The number of aromatic nitrogens is 3. The Labute approximate surface area is 236 Å². The summed E-state index contributed by atoms with van der Waals surface area (Å²) in [7, 11) is 0. The number of hydrogen-bond donors (Lipinski definition) is 0. The molecule has 4 nitrogen and oxygen atoms in total. The number of para-hydroxylation sites is 1. The summed E-state index contributed by atoms with van der Waals surface area (Å²) >= 11 is -2.13. The molecule has 5 heteroatoms. The summed E-state index contributed by atoms with van der Waals surface area (Å²) in [6.45, 7) is 6.53. The minimum absolute atomic E-state index is 0.636. The fourth-order valence-corrected chi connectivity index (χ4v) is 11.8. The van der Waals surface area contributed by atoms with Gasteiger partial charge in [0.05, 0.1) is 0 Å². The molecule has 0 unspecified atom stereocenters. The molecule has 40 heavy (non-hydrogen) atoms. The van der Waals surface area contributed by atoms with Gasteiger partial charge >= 0.3 is 201 Å². The van der Waals surface area contributed by atoms with Gasteiger partial charge in [0.1, 0.15) is 0 Å². The van der Waals surface area contributed by atoms with E-state index in [-0.39, 0.29) is 0 Å². The molecule has 0 radical (unpaired) electrons. The average molecular weight is 582 g/mol. The fourth-order valence-electron chi connectivity index (χ4n) is 6.56. The van der Waals surface area contributed by atoms with E-state index < -0.39 is 13.3 Å². The monoisotopic (exact) mass is 583 g/mol. The minimum atomic E-state index is -2.13. The van der Waals surface area contributed by atoms with Crippen LogP contribution in [-0.2, 0) is 0 Å². The van der Waals surface area contributed by atoms with Crippen LogP contribution in [0.4, 0.5) is 0 Å². The summed E-state index contributed by atoms with van der Waals surface area (Å²) in [4.78, 5) is 14.9. The van der Waals surface area contributed by atoms with E-state index in [4.69, 9.17) is 19.4 Å². The zero-order valence-electron chi connectivity index (χ0n) is 23.8. The van der Waals surface area contributed by atoms with Crippen LogP contribution < -0.4 is 4.40 Å². The van der Waals surface area contributed by atoms with E-state index in [1.54, 1.807) is 4.40 Å². The van der Waals surface area contributed by atoms with Crippen LogP contribution in [0.3, 0.4) is 0 Å². The summed E-state index contributed by atoms with van der Waals surface area (Å²) in [6, 6.07) is 27.4. The molecule has 0 N–H and O–H groups in total. The van der Waals surface area contributed by atoms with Gasteiger partial charge < -0.3 is 0 Å². The van der Waals surface area contributed by atoms with E-state index in [0.29, 0.717) is 5.71 Å². The second-order valence-electron chi connectivity index (χ2n) is 11.8. The van der Waals surface area contributed by atoms with E-state index in [1.165, 1.54) is 21.9 Å². The normalized spacial score (nSPS) is 12.2. The Balaban J connectivity index is 1.51. The first-order valence-corrected chi connectivity index (χ1v) is 21.1. The number of pyridine rings is 1. The van der Waals surface area contributed by atoms with Gasteiger partial charge in [-0.25, -0.2) is 0 Å². The average Bonchev–Trinajstić information content (AvgIpc) is 3.30. The predicted octanol–water partition coefficient (Wildman–Crippen LogP) is 8.88. The van der Waals surface area contributed by atoms with Crippen molar-refractivity contribution < 1.29 is 4.42 Å². The zero-order valence-corrected chi connectivity index (χ0v) is 25.9. The van der Waals surface area contributed by atoms with E-state index >= 15 is 0 Å². The number of fused-ring (bicyclic) bond motifs is 6. The maximum absolute atomic E-state index is 6.52. The molecule has 7 aromatic rings. The van der Waals surface area contributed by atoms with Crippen LogP contribution >= 0.6 is 0 Å². The summed E-state index contributed by atoms with van der Waals surface area (Å²) < 4.78 is 8.08. The van der Waals surface area contributed by atoms with Crippen LogP contribution in [0.25, 0.3) is 66.3 Å². The molecule has 0 fully saturated rings.